The molecule has 0 bridgehead atoms. The summed E-state index contributed by atoms with van der Waals surface area (Å²) in [5.41, 5.74) is -0.440. The quantitative estimate of drug-likeness (QED) is 0.679. The molecule has 0 aliphatic rings. The minimum absolute atomic E-state index is 0.189. The second-order valence-electron chi connectivity index (χ2n) is 4.83. The maximum absolute atomic E-state index is 11.6. The van der Waals surface area contributed by atoms with Gasteiger partial charge in [-0.1, -0.05) is 6.92 Å². The highest BCUT2D eigenvalue weighted by atomic mass is 16.6. The monoisotopic (exact) mass is 232 g/mol. The zero-order valence-electron chi connectivity index (χ0n) is 10.9. The Balaban J connectivity index is 3.83. The Morgan fingerprint density at radius 2 is 1.88 bits per heavy atom. The molecule has 0 aliphatic carbocycles. The summed E-state index contributed by atoms with van der Waals surface area (Å²) in [6.07, 6.45) is 0.0609. The van der Waals surface area contributed by atoms with Gasteiger partial charge < -0.3 is 14.6 Å². The van der Waals surface area contributed by atoms with Crippen LogP contribution in [0, 0.1) is 5.41 Å². The fourth-order valence-corrected chi connectivity index (χ4v) is 0.884. The van der Waals surface area contributed by atoms with E-state index in [2.05, 4.69) is 0 Å². The van der Waals surface area contributed by atoms with Crippen molar-refractivity contribution in [2.45, 2.75) is 53.2 Å². The van der Waals surface area contributed by atoms with E-state index in [1.54, 1.807) is 6.92 Å². The number of rotatable bonds is 7. The van der Waals surface area contributed by atoms with Crippen LogP contribution in [0.4, 0.5) is 0 Å². The number of ether oxygens (including phenoxy) is 2. The zero-order valence-corrected chi connectivity index (χ0v) is 10.9. The van der Waals surface area contributed by atoms with Crippen molar-refractivity contribution in [3.8, 4) is 0 Å². The molecule has 0 amide bonds. The van der Waals surface area contributed by atoms with Gasteiger partial charge in [-0.2, -0.15) is 0 Å². The van der Waals surface area contributed by atoms with Crippen molar-refractivity contribution in [2.75, 3.05) is 13.2 Å². The molecule has 1 N–H and O–H groups in total. The van der Waals surface area contributed by atoms with Crippen molar-refractivity contribution >= 4 is 5.97 Å². The molecular formula is C12H24O4. The summed E-state index contributed by atoms with van der Waals surface area (Å²) < 4.78 is 10.4. The van der Waals surface area contributed by atoms with Crippen LogP contribution in [0.5, 0.6) is 0 Å². The minimum Gasteiger partial charge on any atom is -0.463 e. The van der Waals surface area contributed by atoms with Gasteiger partial charge in [0.05, 0.1) is 24.2 Å². The smallest absolute Gasteiger partial charge is 0.311 e. The molecule has 2 atom stereocenters. The number of carbonyl (C=O) groups is 1. The number of carbonyl (C=O) groups excluding carboxylic acids is 1. The van der Waals surface area contributed by atoms with Crippen LogP contribution in [0.3, 0.4) is 0 Å². The molecule has 2 unspecified atom stereocenters. The van der Waals surface area contributed by atoms with Crippen molar-refractivity contribution in [3.05, 3.63) is 0 Å². The first-order valence-electron chi connectivity index (χ1n) is 5.76. The Hall–Kier alpha value is -0.610. The standard InChI is InChI=1S/C12H24O4/c1-6-12(4,5)11(14)16-8-10(3)15-7-9(2)13/h9-10,13H,6-8H2,1-5H3. The van der Waals surface area contributed by atoms with Gasteiger partial charge >= 0.3 is 5.97 Å². The minimum atomic E-state index is -0.495. The summed E-state index contributed by atoms with van der Waals surface area (Å²) in [6.45, 7) is 9.63. The molecule has 0 heterocycles. The largest absolute Gasteiger partial charge is 0.463 e. The molecule has 96 valence electrons. The van der Waals surface area contributed by atoms with E-state index in [9.17, 15) is 4.79 Å². The fourth-order valence-electron chi connectivity index (χ4n) is 0.884. The molecule has 4 heteroatoms. The lowest BCUT2D eigenvalue weighted by molar-refractivity contribution is -0.158. The van der Waals surface area contributed by atoms with E-state index in [1.807, 2.05) is 27.7 Å². The van der Waals surface area contributed by atoms with Gasteiger partial charge in [-0.15, -0.1) is 0 Å². The Morgan fingerprint density at radius 3 is 2.31 bits per heavy atom. The first-order chi connectivity index (χ1) is 7.29. The van der Waals surface area contributed by atoms with Gasteiger partial charge in [-0.05, 0) is 34.1 Å². The molecule has 0 rings (SSSR count). The van der Waals surface area contributed by atoms with Gasteiger partial charge in [-0.25, -0.2) is 0 Å². The highest BCUT2D eigenvalue weighted by Crippen LogP contribution is 2.21. The van der Waals surface area contributed by atoms with Gasteiger partial charge in [0.1, 0.15) is 6.61 Å². The average molecular weight is 232 g/mol. The van der Waals surface area contributed by atoms with E-state index in [0.717, 1.165) is 6.42 Å². The van der Waals surface area contributed by atoms with Gasteiger partial charge in [0.15, 0.2) is 0 Å². The van der Waals surface area contributed by atoms with Gasteiger partial charge in [0, 0.05) is 0 Å². The topological polar surface area (TPSA) is 55.8 Å². The Labute approximate surface area is 97.9 Å². The molecule has 0 saturated heterocycles. The third kappa shape index (κ3) is 6.08. The summed E-state index contributed by atoms with van der Waals surface area (Å²) >= 11 is 0. The number of esters is 1. The van der Waals surface area contributed by atoms with Crippen molar-refractivity contribution < 1.29 is 19.4 Å². The van der Waals surface area contributed by atoms with Gasteiger partial charge in [0.25, 0.3) is 0 Å². The summed E-state index contributed by atoms with van der Waals surface area (Å²) in [5, 5.41) is 9.01. The first kappa shape index (κ1) is 15.4. The molecular weight excluding hydrogens is 208 g/mol. The van der Waals surface area contributed by atoms with E-state index >= 15 is 0 Å². The third-order valence-corrected chi connectivity index (χ3v) is 2.51. The van der Waals surface area contributed by atoms with Crippen LogP contribution in [0.15, 0.2) is 0 Å². The van der Waals surface area contributed by atoms with Crippen molar-refractivity contribution in [1.29, 1.82) is 0 Å². The lowest BCUT2D eigenvalue weighted by atomic mass is 9.91. The lowest BCUT2D eigenvalue weighted by Gasteiger charge is -2.22. The normalized spacial score (nSPS) is 15.6. The van der Waals surface area contributed by atoms with E-state index in [1.165, 1.54) is 0 Å². The van der Waals surface area contributed by atoms with E-state index in [4.69, 9.17) is 14.6 Å². The average Bonchev–Trinajstić information content (AvgIpc) is 2.22. The zero-order chi connectivity index (χ0) is 12.8. The molecule has 0 aromatic heterocycles. The van der Waals surface area contributed by atoms with Crippen LogP contribution < -0.4 is 0 Å². The van der Waals surface area contributed by atoms with Gasteiger partial charge in [0.2, 0.25) is 0 Å². The second-order valence-corrected chi connectivity index (χ2v) is 4.83. The number of aliphatic hydroxyl groups is 1. The van der Waals surface area contributed by atoms with Crippen LogP contribution in [0.1, 0.15) is 41.0 Å². The molecule has 0 aromatic rings. The Bertz CT molecular complexity index is 211. The van der Waals surface area contributed by atoms with Crippen LogP contribution >= 0.6 is 0 Å². The van der Waals surface area contributed by atoms with Gasteiger partial charge in [-0.3, -0.25) is 4.79 Å². The van der Waals surface area contributed by atoms with Crippen molar-refractivity contribution in [3.63, 3.8) is 0 Å². The highest BCUT2D eigenvalue weighted by molar-refractivity contribution is 5.75. The summed E-state index contributed by atoms with van der Waals surface area (Å²) in [6, 6.07) is 0. The van der Waals surface area contributed by atoms with Crippen LogP contribution in [-0.2, 0) is 14.3 Å². The molecule has 0 fully saturated rings. The van der Waals surface area contributed by atoms with Crippen LogP contribution in [0.25, 0.3) is 0 Å². The molecule has 0 radical (unpaired) electrons. The maximum Gasteiger partial charge on any atom is 0.311 e. The van der Waals surface area contributed by atoms with Crippen molar-refractivity contribution in [2.24, 2.45) is 5.41 Å². The lowest BCUT2D eigenvalue weighted by Crippen LogP contribution is -2.30. The summed E-state index contributed by atoms with van der Waals surface area (Å²) in [7, 11) is 0. The van der Waals surface area contributed by atoms with Crippen molar-refractivity contribution in [1.82, 2.24) is 0 Å². The molecule has 0 aliphatic heterocycles. The predicted octanol–water partition coefficient (Wildman–Crippen LogP) is 1.75. The number of hydrogen-bond donors (Lipinski definition) is 1. The first-order valence-corrected chi connectivity index (χ1v) is 5.76. The molecule has 4 nitrogen and oxygen atoms in total. The Morgan fingerprint density at radius 1 is 1.31 bits per heavy atom. The predicted molar refractivity (Wildman–Crippen MR) is 62.1 cm³/mol. The van der Waals surface area contributed by atoms with Crippen LogP contribution in [-0.4, -0.2) is 36.5 Å². The van der Waals surface area contributed by atoms with E-state index in [-0.39, 0.29) is 25.3 Å². The Kier molecular flexibility index (Phi) is 6.60. The highest BCUT2D eigenvalue weighted by Gasteiger charge is 2.27. The van der Waals surface area contributed by atoms with E-state index < -0.39 is 11.5 Å². The molecule has 16 heavy (non-hydrogen) atoms. The van der Waals surface area contributed by atoms with E-state index in [0.29, 0.717) is 0 Å². The number of hydrogen-bond acceptors (Lipinski definition) is 4. The molecule has 0 aromatic carbocycles. The fraction of sp³-hybridized carbons (Fsp3) is 0.917. The molecule has 0 spiro atoms. The summed E-state index contributed by atoms with van der Waals surface area (Å²) in [4.78, 5) is 11.6. The SMILES string of the molecule is CCC(C)(C)C(=O)OCC(C)OCC(C)O. The molecule has 0 saturated carbocycles. The second kappa shape index (κ2) is 6.86. The third-order valence-electron chi connectivity index (χ3n) is 2.51. The summed E-state index contributed by atoms with van der Waals surface area (Å²) in [5.74, 6) is -0.206. The van der Waals surface area contributed by atoms with Crippen LogP contribution in [0.2, 0.25) is 0 Å². The number of aliphatic hydroxyl groups excluding tert-OH is 1. The maximum atomic E-state index is 11.6.